The van der Waals surface area contributed by atoms with Gasteiger partial charge < -0.3 is 10.6 Å². The van der Waals surface area contributed by atoms with E-state index in [1.165, 1.54) is 4.90 Å². The number of carbonyl (C=O) groups is 1. The van der Waals surface area contributed by atoms with Gasteiger partial charge in [-0.05, 0) is 13.3 Å². The maximum Gasteiger partial charge on any atom is 0.239 e. The van der Waals surface area contributed by atoms with Crippen LogP contribution in [-0.2, 0) is 4.79 Å². The van der Waals surface area contributed by atoms with Crippen LogP contribution in [0.15, 0.2) is 0 Å². The van der Waals surface area contributed by atoms with Crippen molar-refractivity contribution in [3.05, 3.63) is 0 Å². The number of nitrogens with zero attached hydrogens (tertiary/aromatic N) is 1. The van der Waals surface area contributed by atoms with Crippen LogP contribution < -0.4 is 5.73 Å². The van der Waals surface area contributed by atoms with Crippen molar-refractivity contribution >= 4 is 5.91 Å². The average molecular weight is 160 g/mol. The van der Waals surface area contributed by atoms with E-state index in [9.17, 15) is 9.18 Å². The molecule has 0 bridgehead atoms. The average Bonchev–Trinajstić information content (AvgIpc) is 2.34. The van der Waals surface area contributed by atoms with E-state index in [-0.39, 0.29) is 12.5 Å². The van der Waals surface area contributed by atoms with Crippen LogP contribution in [0.2, 0.25) is 0 Å². The summed E-state index contributed by atoms with van der Waals surface area (Å²) < 4.78 is 12.6. The molecule has 0 unspecified atom stereocenters. The Hall–Kier alpha value is -0.640. The van der Waals surface area contributed by atoms with Crippen LogP contribution in [0, 0.1) is 0 Å². The van der Waals surface area contributed by atoms with Gasteiger partial charge in [-0.15, -0.1) is 0 Å². The molecule has 3 nitrogen and oxygen atoms in total. The van der Waals surface area contributed by atoms with E-state index in [1.54, 1.807) is 6.92 Å². The van der Waals surface area contributed by atoms with Gasteiger partial charge in [-0.25, -0.2) is 4.39 Å². The topological polar surface area (TPSA) is 46.3 Å². The normalized spacial score (nSPS) is 27.2. The minimum absolute atomic E-state index is 0.148. The Morgan fingerprint density at radius 3 is 2.82 bits per heavy atom. The Morgan fingerprint density at radius 2 is 2.45 bits per heavy atom. The number of carbonyl (C=O) groups excluding carboxylic acids is 1. The summed E-state index contributed by atoms with van der Waals surface area (Å²) in [6, 6.07) is -0.500. The Labute approximate surface area is 65.3 Å². The lowest BCUT2D eigenvalue weighted by Gasteiger charge is -2.16. The highest BCUT2D eigenvalue weighted by molar-refractivity contribution is 5.81. The molecule has 0 aromatic rings. The van der Waals surface area contributed by atoms with Crippen LogP contribution in [0.3, 0.4) is 0 Å². The van der Waals surface area contributed by atoms with Crippen LogP contribution in [-0.4, -0.2) is 36.1 Å². The molecule has 4 heteroatoms. The van der Waals surface area contributed by atoms with E-state index in [2.05, 4.69) is 0 Å². The standard InChI is InChI=1S/C7H13FN2O/c1-5(9)7(11)10-3-2-6(8)4-10/h5-6H,2-4,9H2,1H3/t5-,6+/m0/s1. The van der Waals surface area contributed by atoms with Crippen molar-refractivity contribution < 1.29 is 9.18 Å². The van der Waals surface area contributed by atoms with E-state index in [1.807, 2.05) is 0 Å². The highest BCUT2D eigenvalue weighted by atomic mass is 19.1. The van der Waals surface area contributed by atoms with Gasteiger partial charge >= 0.3 is 0 Å². The quantitative estimate of drug-likeness (QED) is 0.582. The molecular formula is C7H13FN2O. The van der Waals surface area contributed by atoms with E-state index >= 15 is 0 Å². The number of halogens is 1. The van der Waals surface area contributed by atoms with Crippen LogP contribution >= 0.6 is 0 Å². The number of hydrogen-bond acceptors (Lipinski definition) is 2. The first-order valence-electron chi connectivity index (χ1n) is 3.79. The number of likely N-dealkylation sites (tertiary alicyclic amines) is 1. The fraction of sp³-hybridized carbons (Fsp3) is 0.857. The lowest BCUT2D eigenvalue weighted by atomic mass is 10.3. The summed E-state index contributed by atoms with van der Waals surface area (Å²) in [5.74, 6) is -0.148. The highest BCUT2D eigenvalue weighted by Crippen LogP contribution is 2.12. The molecule has 1 rings (SSSR count). The van der Waals surface area contributed by atoms with Gasteiger partial charge in [0.05, 0.1) is 12.6 Å². The predicted molar refractivity (Wildman–Crippen MR) is 39.7 cm³/mol. The smallest absolute Gasteiger partial charge is 0.239 e. The van der Waals surface area contributed by atoms with Crippen molar-refractivity contribution in [2.75, 3.05) is 13.1 Å². The van der Waals surface area contributed by atoms with Crippen molar-refractivity contribution in [3.63, 3.8) is 0 Å². The molecule has 0 spiro atoms. The summed E-state index contributed by atoms with van der Waals surface area (Å²) in [5, 5.41) is 0. The third-order valence-corrected chi connectivity index (χ3v) is 1.83. The second kappa shape index (κ2) is 3.17. The van der Waals surface area contributed by atoms with Crippen molar-refractivity contribution in [1.82, 2.24) is 4.90 Å². The molecule has 2 N–H and O–H groups in total. The summed E-state index contributed by atoms with van der Waals surface area (Å²) in [5.41, 5.74) is 5.35. The fourth-order valence-electron chi connectivity index (χ4n) is 1.21. The second-order valence-corrected chi connectivity index (χ2v) is 2.96. The van der Waals surface area contributed by atoms with Gasteiger partial charge in [-0.2, -0.15) is 0 Å². The van der Waals surface area contributed by atoms with Gasteiger partial charge in [-0.3, -0.25) is 4.79 Å². The van der Waals surface area contributed by atoms with Crippen molar-refractivity contribution in [3.8, 4) is 0 Å². The number of rotatable bonds is 1. The summed E-state index contributed by atoms with van der Waals surface area (Å²) in [7, 11) is 0. The van der Waals surface area contributed by atoms with E-state index in [0.717, 1.165) is 0 Å². The zero-order valence-electron chi connectivity index (χ0n) is 6.59. The summed E-state index contributed by atoms with van der Waals surface area (Å²) in [6.07, 6.45) is -0.393. The van der Waals surface area contributed by atoms with Gasteiger partial charge in [0, 0.05) is 6.54 Å². The monoisotopic (exact) mass is 160 g/mol. The van der Waals surface area contributed by atoms with Gasteiger partial charge in [0.1, 0.15) is 6.17 Å². The van der Waals surface area contributed by atoms with Crippen LogP contribution in [0.1, 0.15) is 13.3 Å². The van der Waals surface area contributed by atoms with Gasteiger partial charge in [0.15, 0.2) is 0 Å². The van der Waals surface area contributed by atoms with Crippen LogP contribution in [0.5, 0.6) is 0 Å². The van der Waals surface area contributed by atoms with E-state index in [4.69, 9.17) is 5.73 Å². The van der Waals surface area contributed by atoms with E-state index < -0.39 is 12.2 Å². The maximum atomic E-state index is 12.6. The molecule has 0 radical (unpaired) electrons. The molecule has 1 amide bonds. The molecule has 0 aromatic heterocycles. The highest BCUT2D eigenvalue weighted by Gasteiger charge is 2.27. The van der Waals surface area contributed by atoms with E-state index in [0.29, 0.717) is 13.0 Å². The molecule has 0 aromatic carbocycles. The molecule has 1 aliphatic heterocycles. The Balaban J connectivity index is 2.43. The molecule has 1 saturated heterocycles. The predicted octanol–water partition coefficient (Wildman–Crippen LogP) is -0.0960. The first-order valence-corrected chi connectivity index (χ1v) is 3.79. The number of alkyl halides is 1. The first-order chi connectivity index (χ1) is 5.11. The molecule has 2 atom stereocenters. The molecule has 0 aliphatic carbocycles. The minimum atomic E-state index is -0.849. The van der Waals surface area contributed by atoms with Gasteiger partial charge in [0.25, 0.3) is 0 Å². The van der Waals surface area contributed by atoms with Crippen molar-refractivity contribution in [2.45, 2.75) is 25.6 Å². The van der Waals surface area contributed by atoms with Gasteiger partial charge in [0.2, 0.25) is 5.91 Å². The SMILES string of the molecule is C[C@H](N)C(=O)N1CC[C@@H](F)C1. The molecule has 1 aliphatic rings. The third kappa shape index (κ3) is 1.89. The van der Waals surface area contributed by atoms with Crippen molar-refractivity contribution in [1.29, 1.82) is 0 Å². The largest absolute Gasteiger partial charge is 0.338 e. The lowest BCUT2D eigenvalue weighted by Crippen LogP contribution is -2.40. The third-order valence-electron chi connectivity index (χ3n) is 1.83. The van der Waals surface area contributed by atoms with Crippen molar-refractivity contribution in [2.24, 2.45) is 5.73 Å². The molecule has 0 saturated carbocycles. The number of hydrogen-bond donors (Lipinski definition) is 1. The maximum absolute atomic E-state index is 12.6. The van der Waals surface area contributed by atoms with Crippen LogP contribution in [0.4, 0.5) is 4.39 Å². The molecule has 1 fully saturated rings. The fourth-order valence-corrected chi connectivity index (χ4v) is 1.21. The van der Waals surface area contributed by atoms with Gasteiger partial charge in [-0.1, -0.05) is 0 Å². The first kappa shape index (κ1) is 8.46. The van der Waals surface area contributed by atoms with Crippen LogP contribution in [0.25, 0.3) is 0 Å². The molecule has 11 heavy (non-hydrogen) atoms. The lowest BCUT2D eigenvalue weighted by molar-refractivity contribution is -0.131. The zero-order valence-corrected chi connectivity index (χ0v) is 6.59. The molecular weight excluding hydrogens is 147 g/mol. The second-order valence-electron chi connectivity index (χ2n) is 2.96. The Bertz CT molecular complexity index is 161. The number of nitrogens with two attached hydrogens (primary N) is 1. The summed E-state index contributed by atoms with van der Waals surface area (Å²) >= 11 is 0. The zero-order chi connectivity index (χ0) is 8.43. The Kier molecular flexibility index (Phi) is 2.44. The number of amides is 1. The minimum Gasteiger partial charge on any atom is -0.338 e. The molecule has 1 heterocycles. The summed E-state index contributed by atoms with van der Waals surface area (Å²) in [4.78, 5) is 12.6. The summed E-state index contributed by atoms with van der Waals surface area (Å²) in [6.45, 7) is 2.36. The molecule has 64 valence electrons. The Morgan fingerprint density at radius 1 is 1.82 bits per heavy atom.